The topological polar surface area (TPSA) is 27.7 Å². The van der Waals surface area contributed by atoms with Gasteiger partial charge in [0.1, 0.15) is 0 Å². The number of rotatable bonds is 13. The maximum absolute atomic E-state index is 6.83. The van der Waals surface area contributed by atoms with Gasteiger partial charge in [-0.1, -0.05) is 84.0 Å². The van der Waals surface area contributed by atoms with Gasteiger partial charge in [0.2, 0.25) is 0 Å². The van der Waals surface area contributed by atoms with Crippen molar-refractivity contribution in [2.45, 2.75) is 136 Å². The van der Waals surface area contributed by atoms with Gasteiger partial charge < -0.3 is 13.6 Å². The molecular weight excluding hydrogens is 452 g/mol. The number of ether oxygens (including phenoxy) is 1. The molecular formula is C29H54O3Si2. The summed E-state index contributed by atoms with van der Waals surface area (Å²) in [4.78, 5) is 0. The van der Waals surface area contributed by atoms with Crippen LogP contribution >= 0.6 is 0 Å². The second-order valence-corrected chi connectivity index (χ2v) is 22.4. The zero-order valence-corrected chi connectivity index (χ0v) is 26.3. The van der Waals surface area contributed by atoms with Crippen LogP contribution in [0.5, 0.6) is 0 Å². The Kier molecular flexibility index (Phi) is 12.0. The Morgan fingerprint density at radius 2 is 1.32 bits per heavy atom. The van der Waals surface area contributed by atoms with Crippen molar-refractivity contribution in [2.75, 3.05) is 0 Å². The molecule has 0 radical (unpaired) electrons. The van der Waals surface area contributed by atoms with E-state index in [-0.39, 0.29) is 28.4 Å². The number of hydrogen-bond donors (Lipinski definition) is 0. The molecule has 1 aromatic rings. The average Bonchev–Trinajstić information content (AvgIpc) is 2.69. The first-order chi connectivity index (χ1) is 15.5. The van der Waals surface area contributed by atoms with Crippen molar-refractivity contribution >= 4 is 16.6 Å². The molecule has 0 saturated carbocycles. The lowest BCUT2D eigenvalue weighted by Crippen LogP contribution is -2.46. The molecule has 0 aliphatic heterocycles. The molecule has 0 heterocycles. The standard InChI is InChI=1S/C29H54O3Si2/c1-24(31-33(9,10)28(3,4)5)19-15-13-18-22-27(32-34(11,12)29(6,7)8)25(2)30-23-26-20-16-14-17-21-26/h13-14,16-18,20-21,24-25,27H,15,19,22-23H2,1-12H3/b18-13-/t24-,25+,27+/m1/s1. The van der Waals surface area contributed by atoms with E-state index in [9.17, 15) is 0 Å². The van der Waals surface area contributed by atoms with E-state index in [0.717, 1.165) is 19.3 Å². The monoisotopic (exact) mass is 506 g/mol. The highest BCUT2D eigenvalue weighted by molar-refractivity contribution is 6.74. The molecule has 0 aromatic heterocycles. The van der Waals surface area contributed by atoms with Gasteiger partial charge in [-0.25, -0.2) is 0 Å². The van der Waals surface area contributed by atoms with Crippen LogP contribution in [0.15, 0.2) is 42.5 Å². The molecule has 196 valence electrons. The van der Waals surface area contributed by atoms with Crippen LogP contribution in [-0.4, -0.2) is 34.9 Å². The summed E-state index contributed by atoms with van der Waals surface area (Å²) in [5.41, 5.74) is 1.20. The van der Waals surface area contributed by atoms with Gasteiger partial charge in [-0.05, 0) is 74.9 Å². The summed E-state index contributed by atoms with van der Waals surface area (Å²) in [6, 6.07) is 10.4. The largest absolute Gasteiger partial charge is 0.414 e. The second-order valence-electron chi connectivity index (χ2n) is 12.9. The van der Waals surface area contributed by atoms with Crippen LogP contribution in [0.2, 0.25) is 36.3 Å². The first kappa shape index (κ1) is 31.3. The van der Waals surface area contributed by atoms with Gasteiger partial charge in [-0.3, -0.25) is 0 Å². The lowest BCUT2D eigenvalue weighted by atomic mass is 10.1. The van der Waals surface area contributed by atoms with Crippen molar-refractivity contribution in [3.05, 3.63) is 48.0 Å². The van der Waals surface area contributed by atoms with Crippen LogP contribution in [0.1, 0.15) is 80.2 Å². The van der Waals surface area contributed by atoms with E-state index >= 15 is 0 Å². The predicted molar refractivity (Wildman–Crippen MR) is 153 cm³/mol. The fourth-order valence-electron chi connectivity index (χ4n) is 3.22. The molecule has 0 amide bonds. The minimum absolute atomic E-state index is 0.0276. The highest BCUT2D eigenvalue weighted by Gasteiger charge is 2.40. The molecule has 0 aliphatic rings. The smallest absolute Gasteiger partial charge is 0.192 e. The molecule has 0 N–H and O–H groups in total. The minimum Gasteiger partial charge on any atom is -0.414 e. The first-order valence-corrected chi connectivity index (χ1v) is 18.9. The van der Waals surface area contributed by atoms with Gasteiger partial charge in [0.05, 0.1) is 18.8 Å². The van der Waals surface area contributed by atoms with Crippen LogP contribution in [0.25, 0.3) is 0 Å². The van der Waals surface area contributed by atoms with Crippen molar-refractivity contribution < 1.29 is 13.6 Å². The Morgan fingerprint density at radius 3 is 1.85 bits per heavy atom. The summed E-state index contributed by atoms with van der Waals surface area (Å²) < 4.78 is 19.6. The summed E-state index contributed by atoms with van der Waals surface area (Å²) >= 11 is 0. The third-order valence-electron chi connectivity index (χ3n) is 7.71. The van der Waals surface area contributed by atoms with Crippen molar-refractivity contribution in [3.8, 4) is 0 Å². The first-order valence-electron chi connectivity index (χ1n) is 13.1. The Labute approximate surface area is 213 Å². The van der Waals surface area contributed by atoms with Gasteiger partial charge in [0.25, 0.3) is 0 Å². The SMILES string of the molecule is C[C@H](CC/C=C\C[C@H](O[Si](C)(C)C(C)(C)C)[C@H](C)OCc1ccccc1)O[Si](C)(C)C(C)(C)C. The lowest BCUT2D eigenvalue weighted by molar-refractivity contribution is -0.0277. The molecule has 0 unspecified atom stereocenters. The van der Waals surface area contributed by atoms with Crippen molar-refractivity contribution in [1.29, 1.82) is 0 Å². The quantitative estimate of drug-likeness (QED) is 0.197. The maximum atomic E-state index is 6.83. The van der Waals surface area contributed by atoms with Crippen LogP contribution in [-0.2, 0) is 20.2 Å². The molecule has 1 rings (SSSR count). The Morgan fingerprint density at radius 1 is 0.794 bits per heavy atom. The Bertz CT molecular complexity index is 730. The molecule has 0 aliphatic carbocycles. The zero-order valence-electron chi connectivity index (χ0n) is 24.3. The third kappa shape index (κ3) is 10.5. The predicted octanol–water partition coefficient (Wildman–Crippen LogP) is 9.12. The Balaban J connectivity index is 2.71. The molecule has 5 heteroatoms. The van der Waals surface area contributed by atoms with Crippen molar-refractivity contribution in [1.82, 2.24) is 0 Å². The van der Waals surface area contributed by atoms with Crippen LogP contribution in [0.3, 0.4) is 0 Å². The number of benzene rings is 1. The van der Waals surface area contributed by atoms with E-state index in [0.29, 0.717) is 6.61 Å². The van der Waals surface area contributed by atoms with Crippen molar-refractivity contribution in [2.24, 2.45) is 0 Å². The van der Waals surface area contributed by atoms with E-state index in [4.69, 9.17) is 13.6 Å². The van der Waals surface area contributed by atoms with Gasteiger partial charge in [-0.15, -0.1) is 0 Å². The molecule has 3 atom stereocenters. The molecule has 0 saturated heterocycles. The molecule has 34 heavy (non-hydrogen) atoms. The molecule has 0 spiro atoms. The fraction of sp³-hybridized carbons (Fsp3) is 0.724. The molecule has 3 nitrogen and oxygen atoms in total. The fourth-order valence-corrected chi connectivity index (χ4v) is 6.09. The van der Waals surface area contributed by atoms with Gasteiger partial charge in [0, 0.05) is 6.10 Å². The van der Waals surface area contributed by atoms with E-state index < -0.39 is 16.6 Å². The van der Waals surface area contributed by atoms with Gasteiger partial charge >= 0.3 is 0 Å². The summed E-state index contributed by atoms with van der Waals surface area (Å²) in [7, 11) is -3.61. The Hall–Kier alpha value is -0.726. The molecule has 1 aromatic carbocycles. The van der Waals surface area contributed by atoms with E-state index in [1.165, 1.54) is 5.56 Å². The number of allylic oxidation sites excluding steroid dienone is 1. The minimum atomic E-state index is -1.90. The van der Waals surface area contributed by atoms with Crippen LogP contribution in [0.4, 0.5) is 0 Å². The summed E-state index contributed by atoms with van der Waals surface area (Å²) in [5, 5.41) is 0.423. The van der Waals surface area contributed by atoms with Crippen LogP contribution < -0.4 is 0 Å². The highest BCUT2D eigenvalue weighted by Crippen LogP contribution is 2.39. The molecule has 0 fully saturated rings. The van der Waals surface area contributed by atoms with E-state index in [2.05, 4.69) is 118 Å². The average molecular weight is 507 g/mol. The van der Waals surface area contributed by atoms with E-state index in [1.807, 2.05) is 6.07 Å². The summed E-state index contributed by atoms with van der Waals surface area (Å²) in [6.45, 7) is 28.1. The maximum Gasteiger partial charge on any atom is 0.192 e. The summed E-state index contributed by atoms with van der Waals surface area (Å²) in [6.07, 6.45) is 7.93. The lowest BCUT2D eigenvalue weighted by Gasteiger charge is -2.40. The zero-order chi connectivity index (χ0) is 26.2. The highest BCUT2D eigenvalue weighted by atomic mass is 28.4. The second kappa shape index (κ2) is 13.0. The van der Waals surface area contributed by atoms with E-state index in [1.54, 1.807) is 0 Å². The normalized spacial score (nSPS) is 16.6. The third-order valence-corrected chi connectivity index (χ3v) is 16.8. The number of hydrogen-bond acceptors (Lipinski definition) is 3. The molecule has 0 bridgehead atoms. The van der Waals surface area contributed by atoms with Gasteiger partial charge in [-0.2, -0.15) is 0 Å². The van der Waals surface area contributed by atoms with Crippen molar-refractivity contribution in [3.63, 3.8) is 0 Å². The summed E-state index contributed by atoms with van der Waals surface area (Å²) in [5.74, 6) is 0. The van der Waals surface area contributed by atoms with Crippen LogP contribution in [0, 0.1) is 0 Å². The van der Waals surface area contributed by atoms with Gasteiger partial charge in [0.15, 0.2) is 16.6 Å².